The van der Waals surface area contributed by atoms with Gasteiger partial charge in [0, 0.05) is 13.1 Å². The van der Waals surface area contributed by atoms with Crippen molar-refractivity contribution in [2.45, 2.75) is 33.7 Å². The number of aryl methyl sites for hydroxylation is 1. The van der Waals surface area contributed by atoms with Crippen LogP contribution in [0.15, 0.2) is 18.2 Å². The molecule has 4 heteroatoms. The number of rotatable bonds is 7. The number of hydrogen-bond donors (Lipinski definition) is 2. The summed E-state index contributed by atoms with van der Waals surface area (Å²) in [6, 6.07) is 6.05. The van der Waals surface area contributed by atoms with E-state index < -0.39 is 5.97 Å². The Hall–Kier alpha value is -1.55. The molecule has 0 heterocycles. The summed E-state index contributed by atoms with van der Waals surface area (Å²) in [7, 11) is 1.66. The molecular weight excluding hydrogens is 242 g/mol. The van der Waals surface area contributed by atoms with Crippen LogP contribution in [0.25, 0.3) is 0 Å². The number of carboxylic acids is 1. The van der Waals surface area contributed by atoms with Crippen LogP contribution in [-0.2, 0) is 11.3 Å². The normalized spacial score (nSPS) is 11.4. The Labute approximate surface area is 114 Å². The molecule has 2 N–H and O–H groups in total. The van der Waals surface area contributed by atoms with Crippen LogP contribution in [0.1, 0.15) is 31.4 Å². The first-order valence-electron chi connectivity index (χ1n) is 6.40. The van der Waals surface area contributed by atoms with Crippen molar-refractivity contribution >= 4 is 5.97 Å². The third-order valence-corrected chi connectivity index (χ3v) is 3.02. The Morgan fingerprint density at radius 2 is 2.11 bits per heavy atom. The summed E-state index contributed by atoms with van der Waals surface area (Å²) >= 11 is 0. The number of nitrogens with one attached hydrogen (secondary N) is 1. The van der Waals surface area contributed by atoms with Gasteiger partial charge in [0.05, 0.1) is 13.5 Å². The Morgan fingerprint density at radius 1 is 1.42 bits per heavy atom. The van der Waals surface area contributed by atoms with Gasteiger partial charge in [-0.25, -0.2) is 0 Å². The Balaban J connectivity index is 2.49. The highest BCUT2D eigenvalue weighted by molar-refractivity contribution is 5.67. The molecular formula is C15H23NO3. The van der Waals surface area contributed by atoms with E-state index in [4.69, 9.17) is 9.84 Å². The molecule has 0 aliphatic heterocycles. The molecule has 0 aromatic heterocycles. The number of carbonyl (C=O) groups is 1. The first-order chi connectivity index (χ1) is 8.84. The maximum atomic E-state index is 10.7. The summed E-state index contributed by atoms with van der Waals surface area (Å²) in [5, 5.41) is 12.1. The molecule has 0 aliphatic carbocycles. The van der Waals surface area contributed by atoms with Crippen molar-refractivity contribution in [1.29, 1.82) is 0 Å². The van der Waals surface area contributed by atoms with E-state index in [9.17, 15) is 4.79 Å². The van der Waals surface area contributed by atoms with Crippen LogP contribution < -0.4 is 10.1 Å². The topological polar surface area (TPSA) is 58.6 Å². The predicted molar refractivity (Wildman–Crippen MR) is 75.5 cm³/mol. The van der Waals surface area contributed by atoms with Crippen molar-refractivity contribution in [3.63, 3.8) is 0 Å². The quantitative estimate of drug-likeness (QED) is 0.795. The van der Waals surface area contributed by atoms with Crippen molar-refractivity contribution < 1.29 is 14.6 Å². The average Bonchev–Trinajstić information content (AvgIpc) is 2.27. The van der Waals surface area contributed by atoms with Crippen LogP contribution in [0.3, 0.4) is 0 Å². The van der Waals surface area contributed by atoms with Crippen molar-refractivity contribution in [3.05, 3.63) is 29.3 Å². The van der Waals surface area contributed by atoms with Gasteiger partial charge in [-0.15, -0.1) is 0 Å². The number of carboxylic acid groups (broad SMARTS) is 1. The fourth-order valence-corrected chi connectivity index (χ4v) is 2.07. The SMILES string of the molecule is COc1ccc(CNCC(C)(C)CC(=O)O)cc1C. The number of ether oxygens (including phenoxy) is 1. The molecule has 0 aliphatic rings. The lowest BCUT2D eigenvalue weighted by molar-refractivity contribution is -0.139. The van der Waals surface area contributed by atoms with Crippen molar-refractivity contribution in [1.82, 2.24) is 5.32 Å². The highest BCUT2D eigenvalue weighted by atomic mass is 16.5. The van der Waals surface area contributed by atoms with Crippen LogP contribution >= 0.6 is 0 Å². The first kappa shape index (κ1) is 15.5. The van der Waals surface area contributed by atoms with Gasteiger partial charge in [-0.05, 0) is 29.5 Å². The highest BCUT2D eigenvalue weighted by Gasteiger charge is 2.21. The molecule has 106 valence electrons. The van der Waals surface area contributed by atoms with Crippen molar-refractivity contribution in [2.24, 2.45) is 5.41 Å². The standard InChI is InChI=1S/C15H23NO3/c1-11-7-12(5-6-13(11)19-4)9-16-10-15(2,3)8-14(17)18/h5-7,16H,8-10H2,1-4H3,(H,17,18). The summed E-state index contributed by atoms with van der Waals surface area (Å²) in [4.78, 5) is 10.7. The number of aliphatic carboxylic acids is 1. The van der Waals surface area contributed by atoms with E-state index in [0.29, 0.717) is 6.54 Å². The van der Waals surface area contributed by atoms with Gasteiger partial charge in [-0.1, -0.05) is 26.0 Å². The molecule has 1 aromatic carbocycles. The molecule has 0 spiro atoms. The molecule has 1 aromatic rings. The van der Waals surface area contributed by atoms with E-state index in [-0.39, 0.29) is 11.8 Å². The Morgan fingerprint density at radius 3 is 2.63 bits per heavy atom. The van der Waals surface area contributed by atoms with E-state index in [1.165, 1.54) is 5.56 Å². The molecule has 0 saturated carbocycles. The van der Waals surface area contributed by atoms with Crippen LogP contribution in [0.2, 0.25) is 0 Å². The van der Waals surface area contributed by atoms with E-state index in [1.807, 2.05) is 32.9 Å². The maximum Gasteiger partial charge on any atom is 0.303 e. The molecule has 19 heavy (non-hydrogen) atoms. The summed E-state index contributed by atoms with van der Waals surface area (Å²) in [5.74, 6) is 0.127. The van der Waals surface area contributed by atoms with E-state index in [0.717, 1.165) is 17.9 Å². The minimum atomic E-state index is -0.757. The molecule has 0 radical (unpaired) electrons. The summed E-state index contributed by atoms with van der Waals surface area (Å²) in [5.41, 5.74) is 2.03. The van der Waals surface area contributed by atoms with Gasteiger partial charge in [-0.3, -0.25) is 4.79 Å². The zero-order chi connectivity index (χ0) is 14.5. The smallest absolute Gasteiger partial charge is 0.303 e. The maximum absolute atomic E-state index is 10.7. The number of hydrogen-bond acceptors (Lipinski definition) is 3. The van der Waals surface area contributed by atoms with E-state index in [1.54, 1.807) is 7.11 Å². The number of methoxy groups -OCH3 is 1. The lowest BCUT2D eigenvalue weighted by atomic mass is 9.89. The van der Waals surface area contributed by atoms with Gasteiger partial charge in [0.2, 0.25) is 0 Å². The third-order valence-electron chi connectivity index (χ3n) is 3.02. The summed E-state index contributed by atoms with van der Waals surface area (Å²) < 4.78 is 5.22. The minimum absolute atomic E-state index is 0.168. The van der Waals surface area contributed by atoms with Gasteiger partial charge in [-0.2, -0.15) is 0 Å². The van der Waals surface area contributed by atoms with Gasteiger partial charge < -0.3 is 15.2 Å². The minimum Gasteiger partial charge on any atom is -0.496 e. The summed E-state index contributed by atoms with van der Waals surface area (Å²) in [6.07, 6.45) is 0.168. The number of benzene rings is 1. The van der Waals surface area contributed by atoms with Crippen molar-refractivity contribution in [2.75, 3.05) is 13.7 Å². The third kappa shape index (κ3) is 5.30. The first-order valence-corrected chi connectivity index (χ1v) is 6.40. The van der Waals surface area contributed by atoms with Gasteiger partial charge in [0.1, 0.15) is 5.75 Å². The van der Waals surface area contributed by atoms with Gasteiger partial charge in [0.15, 0.2) is 0 Å². The fourth-order valence-electron chi connectivity index (χ4n) is 2.07. The largest absolute Gasteiger partial charge is 0.496 e. The molecule has 0 fully saturated rings. The molecule has 1 rings (SSSR count). The molecule has 0 saturated heterocycles. The Kier molecular flexibility index (Phi) is 5.36. The van der Waals surface area contributed by atoms with E-state index >= 15 is 0 Å². The second-order valence-corrected chi connectivity index (χ2v) is 5.64. The van der Waals surface area contributed by atoms with Crippen LogP contribution in [-0.4, -0.2) is 24.7 Å². The van der Waals surface area contributed by atoms with E-state index in [2.05, 4.69) is 11.4 Å². The van der Waals surface area contributed by atoms with Crippen LogP contribution in [0.4, 0.5) is 0 Å². The average molecular weight is 265 g/mol. The molecule has 0 unspecified atom stereocenters. The second-order valence-electron chi connectivity index (χ2n) is 5.64. The molecule has 0 bridgehead atoms. The Bertz CT molecular complexity index is 441. The summed E-state index contributed by atoms with van der Waals surface area (Å²) in [6.45, 7) is 7.32. The van der Waals surface area contributed by atoms with Crippen LogP contribution in [0.5, 0.6) is 5.75 Å². The van der Waals surface area contributed by atoms with Crippen molar-refractivity contribution in [3.8, 4) is 5.75 Å². The predicted octanol–water partition coefficient (Wildman–Crippen LogP) is 2.59. The highest BCUT2D eigenvalue weighted by Crippen LogP contribution is 2.20. The fraction of sp³-hybridized carbons (Fsp3) is 0.533. The monoisotopic (exact) mass is 265 g/mol. The van der Waals surface area contributed by atoms with Gasteiger partial charge in [0.25, 0.3) is 0 Å². The molecule has 0 atom stereocenters. The van der Waals surface area contributed by atoms with Gasteiger partial charge >= 0.3 is 5.97 Å². The van der Waals surface area contributed by atoms with Crippen LogP contribution in [0, 0.1) is 12.3 Å². The zero-order valence-electron chi connectivity index (χ0n) is 12.1. The molecule has 4 nitrogen and oxygen atoms in total. The zero-order valence-corrected chi connectivity index (χ0v) is 12.1. The lowest BCUT2D eigenvalue weighted by Crippen LogP contribution is -2.31. The molecule has 0 amide bonds. The lowest BCUT2D eigenvalue weighted by Gasteiger charge is -2.23. The second kappa shape index (κ2) is 6.57.